The lowest BCUT2D eigenvalue weighted by Gasteiger charge is -2.18. The molecule has 4 rings (SSSR count). The lowest BCUT2D eigenvalue weighted by atomic mass is 10.0. The van der Waals surface area contributed by atoms with Gasteiger partial charge in [-0.05, 0) is 35.9 Å². The summed E-state index contributed by atoms with van der Waals surface area (Å²) in [5.74, 6) is -0.694. The zero-order valence-corrected chi connectivity index (χ0v) is 21.2. The van der Waals surface area contributed by atoms with E-state index in [0.29, 0.717) is 22.1 Å². The quantitative estimate of drug-likeness (QED) is 0.291. The maximum atomic E-state index is 13.1. The van der Waals surface area contributed by atoms with Crippen LogP contribution in [-0.2, 0) is 11.2 Å². The SMILES string of the molecule is O=C(N[C@H](Cc1ccccc1)C(=O)Nc1nnc(-c2ccc(Br)cc2)s1)c1cccc(Br)c1. The minimum Gasteiger partial charge on any atom is -0.340 e. The molecule has 1 atom stereocenters. The highest BCUT2D eigenvalue weighted by Crippen LogP contribution is 2.27. The van der Waals surface area contributed by atoms with Crippen LogP contribution in [0.3, 0.4) is 0 Å². The number of hydrogen-bond acceptors (Lipinski definition) is 5. The molecule has 3 aromatic carbocycles. The van der Waals surface area contributed by atoms with Gasteiger partial charge >= 0.3 is 0 Å². The molecule has 2 N–H and O–H groups in total. The average Bonchev–Trinajstić information content (AvgIpc) is 3.28. The summed E-state index contributed by atoms with van der Waals surface area (Å²) in [5.41, 5.74) is 2.30. The number of anilines is 1. The normalized spacial score (nSPS) is 11.6. The van der Waals surface area contributed by atoms with E-state index in [1.165, 1.54) is 11.3 Å². The molecular weight excluding hydrogens is 568 g/mol. The highest BCUT2D eigenvalue weighted by Gasteiger charge is 2.23. The number of nitrogens with one attached hydrogen (secondary N) is 2. The van der Waals surface area contributed by atoms with Crippen molar-refractivity contribution in [1.82, 2.24) is 15.5 Å². The Kier molecular flexibility index (Phi) is 7.64. The van der Waals surface area contributed by atoms with Gasteiger partial charge in [-0.3, -0.25) is 14.9 Å². The number of halogens is 2. The Balaban J connectivity index is 1.51. The Morgan fingerprint density at radius 1 is 0.879 bits per heavy atom. The highest BCUT2D eigenvalue weighted by atomic mass is 79.9. The molecule has 4 aromatic rings. The first-order valence-corrected chi connectivity index (χ1v) is 12.4. The molecule has 1 aromatic heterocycles. The third-order valence-corrected chi connectivity index (χ3v) is 6.65. The monoisotopic (exact) mass is 584 g/mol. The number of hydrogen-bond donors (Lipinski definition) is 2. The van der Waals surface area contributed by atoms with Crippen LogP contribution in [0.4, 0.5) is 5.13 Å². The van der Waals surface area contributed by atoms with Gasteiger partial charge < -0.3 is 5.32 Å². The summed E-state index contributed by atoms with van der Waals surface area (Å²) in [6, 6.07) is 23.5. The molecule has 0 saturated heterocycles. The second kappa shape index (κ2) is 10.8. The first-order valence-electron chi connectivity index (χ1n) is 9.98. The van der Waals surface area contributed by atoms with Crippen LogP contribution in [0.15, 0.2) is 87.8 Å². The maximum absolute atomic E-state index is 13.1. The first-order chi connectivity index (χ1) is 16.0. The van der Waals surface area contributed by atoms with Crippen LogP contribution in [0.2, 0.25) is 0 Å². The predicted molar refractivity (Wildman–Crippen MR) is 137 cm³/mol. The zero-order chi connectivity index (χ0) is 23.2. The van der Waals surface area contributed by atoms with Gasteiger partial charge in [0.05, 0.1) is 0 Å². The number of amides is 2. The van der Waals surface area contributed by atoms with Gasteiger partial charge in [-0.25, -0.2) is 0 Å². The van der Waals surface area contributed by atoms with Crippen LogP contribution < -0.4 is 10.6 Å². The van der Waals surface area contributed by atoms with E-state index in [0.717, 1.165) is 20.1 Å². The van der Waals surface area contributed by atoms with Crippen LogP contribution in [0.25, 0.3) is 10.6 Å². The number of benzene rings is 3. The van der Waals surface area contributed by atoms with Gasteiger partial charge in [0.25, 0.3) is 5.91 Å². The minimum atomic E-state index is -0.793. The molecule has 0 aliphatic carbocycles. The Labute approximate surface area is 211 Å². The van der Waals surface area contributed by atoms with Crippen molar-refractivity contribution in [3.05, 3.63) is 98.9 Å². The van der Waals surface area contributed by atoms with Crippen molar-refractivity contribution in [2.75, 3.05) is 5.32 Å². The molecule has 0 aliphatic heterocycles. The van der Waals surface area contributed by atoms with E-state index in [9.17, 15) is 9.59 Å². The third-order valence-electron chi connectivity index (χ3n) is 4.74. The second-order valence-electron chi connectivity index (χ2n) is 7.13. The molecule has 1 heterocycles. The van der Waals surface area contributed by atoms with E-state index < -0.39 is 6.04 Å². The van der Waals surface area contributed by atoms with Crippen LogP contribution in [0.5, 0.6) is 0 Å². The Morgan fingerprint density at radius 3 is 2.36 bits per heavy atom. The topological polar surface area (TPSA) is 84.0 Å². The van der Waals surface area contributed by atoms with Gasteiger partial charge in [0.15, 0.2) is 0 Å². The van der Waals surface area contributed by atoms with Crippen molar-refractivity contribution >= 4 is 60.1 Å². The fraction of sp³-hybridized carbons (Fsp3) is 0.0833. The second-order valence-corrected chi connectivity index (χ2v) is 9.94. The molecule has 2 amide bonds. The largest absolute Gasteiger partial charge is 0.340 e. The van der Waals surface area contributed by atoms with Crippen molar-refractivity contribution in [3.8, 4) is 10.6 Å². The third kappa shape index (κ3) is 6.34. The standard InChI is InChI=1S/C24H18Br2N4O2S/c25-18-11-9-16(10-12-18)23-29-30-24(33-23)28-22(32)20(13-15-5-2-1-3-6-15)27-21(31)17-7-4-8-19(26)14-17/h1-12,14,20H,13H2,(H,27,31)(H,28,30,32)/t20-/m1/s1. The van der Waals surface area contributed by atoms with Gasteiger partial charge in [-0.15, -0.1) is 10.2 Å². The Hall–Kier alpha value is -2.88. The molecule has 0 saturated carbocycles. The number of rotatable bonds is 7. The van der Waals surface area contributed by atoms with Gasteiger partial charge in [0, 0.05) is 26.5 Å². The van der Waals surface area contributed by atoms with Crippen LogP contribution in [0.1, 0.15) is 15.9 Å². The molecule has 0 bridgehead atoms. The summed E-state index contributed by atoms with van der Waals surface area (Å²) >= 11 is 8.06. The van der Waals surface area contributed by atoms with Crippen molar-refractivity contribution in [2.45, 2.75) is 12.5 Å². The van der Waals surface area contributed by atoms with E-state index in [1.54, 1.807) is 18.2 Å². The highest BCUT2D eigenvalue weighted by molar-refractivity contribution is 9.10. The number of carbonyl (C=O) groups excluding carboxylic acids is 2. The summed E-state index contributed by atoms with van der Waals surface area (Å²) in [7, 11) is 0. The van der Waals surface area contributed by atoms with Crippen LogP contribution in [-0.4, -0.2) is 28.1 Å². The molecule has 0 fully saturated rings. The zero-order valence-electron chi connectivity index (χ0n) is 17.2. The van der Waals surface area contributed by atoms with Gasteiger partial charge in [0.1, 0.15) is 11.0 Å². The molecule has 33 heavy (non-hydrogen) atoms. The summed E-state index contributed by atoms with van der Waals surface area (Å²) in [6.45, 7) is 0. The Bertz CT molecular complexity index is 1260. The lowest BCUT2D eigenvalue weighted by molar-refractivity contribution is -0.118. The molecule has 166 valence electrons. The molecule has 0 radical (unpaired) electrons. The number of carbonyl (C=O) groups is 2. The molecule has 0 spiro atoms. The fourth-order valence-electron chi connectivity index (χ4n) is 3.11. The van der Waals surface area contributed by atoms with Gasteiger partial charge in [-0.1, -0.05) is 91.7 Å². The summed E-state index contributed by atoms with van der Waals surface area (Å²) in [6.07, 6.45) is 0.338. The van der Waals surface area contributed by atoms with Crippen molar-refractivity contribution in [1.29, 1.82) is 0 Å². The minimum absolute atomic E-state index is 0.333. The van der Waals surface area contributed by atoms with Crippen molar-refractivity contribution in [3.63, 3.8) is 0 Å². The molecule has 0 aliphatic rings. The van der Waals surface area contributed by atoms with E-state index in [1.807, 2.05) is 60.7 Å². The van der Waals surface area contributed by atoms with Crippen LogP contribution >= 0.6 is 43.2 Å². The van der Waals surface area contributed by atoms with E-state index in [-0.39, 0.29) is 11.8 Å². The number of nitrogens with zero attached hydrogens (tertiary/aromatic N) is 2. The van der Waals surface area contributed by atoms with Crippen molar-refractivity contribution < 1.29 is 9.59 Å². The van der Waals surface area contributed by atoms with E-state index in [2.05, 4.69) is 52.7 Å². The summed E-state index contributed by atoms with van der Waals surface area (Å²) in [4.78, 5) is 26.0. The van der Waals surface area contributed by atoms with Gasteiger partial charge in [-0.2, -0.15) is 0 Å². The molecule has 0 unspecified atom stereocenters. The Morgan fingerprint density at radius 2 is 1.64 bits per heavy atom. The van der Waals surface area contributed by atoms with E-state index >= 15 is 0 Å². The summed E-state index contributed by atoms with van der Waals surface area (Å²) in [5, 5.41) is 15.0. The predicted octanol–water partition coefficient (Wildman–Crippen LogP) is 5.71. The van der Waals surface area contributed by atoms with E-state index in [4.69, 9.17) is 0 Å². The molecule has 6 nitrogen and oxygen atoms in total. The molecule has 9 heteroatoms. The van der Waals surface area contributed by atoms with Crippen molar-refractivity contribution in [2.24, 2.45) is 0 Å². The average molecular weight is 586 g/mol. The number of aromatic nitrogens is 2. The molecular formula is C24H18Br2N4O2S. The van der Waals surface area contributed by atoms with Gasteiger partial charge in [0.2, 0.25) is 11.0 Å². The smallest absolute Gasteiger partial charge is 0.251 e. The first kappa shape index (κ1) is 23.3. The van der Waals surface area contributed by atoms with Crippen LogP contribution in [0, 0.1) is 0 Å². The fourth-order valence-corrected chi connectivity index (χ4v) is 4.52. The summed E-state index contributed by atoms with van der Waals surface area (Å²) < 4.78 is 1.75. The maximum Gasteiger partial charge on any atom is 0.251 e. The lowest BCUT2D eigenvalue weighted by Crippen LogP contribution is -2.45.